The number of nitrogens with one attached hydrogen (secondary N) is 1. The van der Waals surface area contributed by atoms with E-state index in [2.05, 4.69) is 17.3 Å². The normalized spacial score (nSPS) is 18.0. The van der Waals surface area contributed by atoms with E-state index < -0.39 is 0 Å². The van der Waals surface area contributed by atoms with Crippen LogP contribution < -0.4 is 5.32 Å². The lowest BCUT2D eigenvalue weighted by molar-refractivity contribution is 0.0676. The van der Waals surface area contributed by atoms with Gasteiger partial charge in [-0.2, -0.15) is 5.10 Å². The number of hydrogen-bond acceptors (Lipinski definition) is 4. The molecule has 1 aliphatic heterocycles. The van der Waals surface area contributed by atoms with Gasteiger partial charge in [0.05, 0.1) is 4.88 Å². The summed E-state index contributed by atoms with van der Waals surface area (Å²) < 4.78 is 1.53. The molecule has 0 aliphatic carbocycles. The second-order valence-corrected chi connectivity index (χ2v) is 6.92. The molecule has 23 heavy (non-hydrogen) atoms. The Morgan fingerprint density at radius 3 is 2.96 bits per heavy atom. The number of anilines is 1. The van der Waals surface area contributed by atoms with E-state index in [-0.39, 0.29) is 11.8 Å². The largest absolute Gasteiger partial charge is 0.337 e. The van der Waals surface area contributed by atoms with Crippen molar-refractivity contribution in [2.45, 2.75) is 19.8 Å². The monoisotopic (exact) mass is 332 g/mol. The third kappa shape index (κ3) is 3.44. The standard InChI is InChI=1S/C16H20N4O2S/c1-11-5-3-7-20(10-11)16(22)12-9-14(19(2)18-12)17-15(21)13-6-4-8-23-13/h4,6,8-9,11H,3,5,7,10H2,1-2H3,(H,17,21). The van der Waals surface area contributed by atoms with Gasteiger partial charge in [-0.15, -0.1) is 11.3 Å². The Labute approximate surface area is 139 Å². The van der Waals surface area contributed by atoms with Gasteiger partial charge in [0.25, 0.3) is 11.8 Å². The number of carbonyl (C=O) groups is 2. The molecule has 1 unspecified atom stereocenters. The molecule has 7 heteroatoms. The van der Waals surface area contributed by atoms with E-state index in [9.17, 15) is 9.59 Å². The van der Waals surface area contributed by atoms with Crippen LogP contribution in [0, 0.1) is 5.92 Å². The van der Waals surface area contributed by atoms with Crippen molar-refractivity contribution < 1.29 is 9.59 Å². The SMILES string of the molecule is CC1CCCN(C(=O)c2cc(NC(=O)c3cccs3)n(C)n2)C1. The van der Waals surface area contributed by atoms with Gasteiger partial charge in [0, 0.05) is 26.2 Å². The summed E-state index contributed by atoms with van der Waals surface area (Å²) in [6.07, 6.45) is 2.19. The fourth-order valence-electron chi connectivity index (χ4n) is 2.81. The topological polar surface area (TPSA) is 67.2 Å². The highest BCUT2D eigenvalue weighted by Gasteiger charge is 2.24. The van der Waals surface area contributed by atoms with E-state index in [1.165, 1.54) is 16.0 Å². The summed E-state index contributed by atoms with van der Waals surface area (Å²) >= 11 is 1.38. The number of aromatic nitrogens is 2. The Hall–Kier alpha value is -2.15. The van der Waals surface area contributed by atoms with Crippen molar-refractivity contribution in [3.63, 3.8) is 0 Å². The van der Waals surface area contributed by atoms with Gasteiger partial charge in [-0.25, -0.2) is 0 Å². The van der Waals surface area contributed by atoms with Gasteiger partial charge in [0.1, 0.15) is 5.82 Å². The summed E-state index contributed by atoms with van der Waals surface area (Å²) in [5, 5.41) is 8.91. The first-order valence-corrected chi connectivity index (χ1v) is 8.60. The van der Waals surface area contributed by atoms with Crippen molar-refractivity contribution in [2.75, 3.05) is 18.4 Å². The van der Waals surface area contributed by atoms with Crippen LogP contribution in [0.1, 0.15) is 39.9 Å². The lowest BCUT2D eigenvalue weighted by Crippen LogP contribution is -2.39. The molecule has 3 rings (SSSR count). The maximum absolute atomic E-state index is 12.6. The molecule has 1 N–H and O–H groups in total. The van der Waals surface area contributed by atoms with Crippen LogP contribution in [-0.4, -0.2) is 39.6 Å². The number of hydrogen-bond donors (Lipinski definition) is 1. The van der Waals surface area contributed by atoms with Gasteiger partial charge < -0.3 is 10.2 Å². The highest BCUT2D eigenvalue weighted by Crippen LogP contribution is 2.19. The maximum Gasteiger partial charge on any atom is 0.274 e. The molecule has 0 spiro atoms. The molecule has 1 fully saturated rings. The number of piperidine rings is 1. The lowest BCUT2D eigenvalue weighted by Gasteiger charge is -2.30. The van der Waals surface area contributed by atoms with Gasteiger partial charge in [0.15, 0.2) is 5.69 Å². The molecule has 0 radical (unpaired) electrons. The summed E-state index contributed by atoms with van der Waals surface area (Å²) in [5.41, 5.74) is 0.378. The Balaban J connectivity index is 1.72. The molecule has 3 heterocycles. The van der Waals surface area contributed by atoms with Crippen LogP contribution in [0.4, 0.5) is 5.82 Å². The minimum absolute atomic E-state index is 0.0660. The molecule has 6 nitrogen and oxygen atoms in total. The zero-order valence-electron chi connectivity index (χ0n) is 13.3. The third-order valence-corrected chi connectivity index (χ3v) is 4.90. The summed E-state index contributed by atoms with van der Waals surface area (Å²) in [6.45, 7) is 3.70. The Morgan fingerprint density at radius 1 is 1.43 bits per heavy atom. The van der Waals surface area contributed by atoms with E-state index in [1.807, 2.05) is 16.3 Å². The predicted octanol–water partition coefficient (Wildman–Crippen LogP) is 2.61. The second-order valence-electron chi connectivity index (χ2n) is 5.97. The molecular formula is C16H20N4O2S. The fourth-order valence-corrected chi connectivity index (χ4v) is 3.43. The minimum atomic E-state index is -0.186. The van der Waals surface area contributed by atoms with E-state index >= 15 is 0 Å². The van der Waals surface area contributed by atoms with Crippen LogP contribution in [0.25, 0.3) is 0 Å². The van der Waals surface area contributed by atoms with E-state index in [0.29, 0.717) is 22.3 Å². The lowest BCUT2D eigenvalue weighted by atomic mass is 10.00. The van der Waals surface area contributed by atoms with Crippen LogP contribution >= 0.6 is 11.3 Å². The van der Waals surface area contributed by atoms with Gasteiger partial charge in [-0.1, -0.05) is 13.0 Å². The Bertz CT molecular complexity index is 708. The molecule has 0 aromatic carbocycles. The van der Waals surface area contributed by atoms with Gasteiger partial charge in [-0.3, -0.25) is 14.3 Å². The average molecular weight is 332 g/mol. The van der Waals surface area contributed by atoms with Crippen molar-refractivity contribution in [3.8, 4) is 0 Å². The molecular weight excluding hydrogens is 312 g/mol. The highest BCUT2D eigenvalue weighted by molar-refractivity contribution is 7.12. The van der Waals surface area contributed by atoms with Gasteiger partial charge in [-0.05, 0) is 30.2 Å². The smallest absolute Gasteiger partial charge is 0.274 e. The van der Waals surface area contributed by atoms with Crippen LogP contribution in [-0.2, 0) is 7.05 Å². The number of aryl methyl sites for hydroxylation is 1. The first-order chi connectivity index (χ1) is 11.0. The summed E-state index contributed by atoms with van der Waals surface area (Å²) in [6, 6.07) is 5.24. The first kappa shape index (κ1) is 15.7. The number of likely N-dealkylation sites (tertiary alicyclic amines) is 1. The minimum Gasteiger partial charge on any atom is -0.337 e. The van der Waals surface area contributed by atoms with Crippen LogP contribution in [0.5, 0.6) is 0 Å². The Morgan fingerprint density at radius 2 is 2.26 bits per heavy atom. The molecule has 1 saturated heterocycles. The Kier molecular flexibility index (Phi) is 4.47. The zero-order valence-corrected chi connectivity index (χ0v) is 14.1. The molecule has 1 aliphatic rings. The average Bonchev–Trinajstić information content (AvgIpc) is 3.17. The van der Waals surface area contributed by atoms with Gasteiger partial charge in [0.2, 0.25) is 0 Å². The fraction of sp³-hybridized carbons (Fsp3) is 0.438. The summed E-state index contributed by atoms with van der Waals surface area (Å²) in [7, 11) is 1.72. The van der Waals surface area contributed by atoms with Crippen molar-refractivity contribution in [3.05, 3.63) is 34.2 Å². The van der Waals surface area contributed by atoms with E-state index in [4.69, 9.17) is 0 Å². The number of thiophene rings is 1. The van der Waals surface area contributed by atoms with Crippen LogP contribution in [0.15, 0.2) is 23.6 Å². The molecule has 2 aromatic heterocycles. The highest BCUT2D eigenvalue weighted by atomic mass is 32.1. The summed E-state index contributed by atoms with van der Waals surface area (Å²) in [4.78, 5) is 27.2. The molecule has 0 saturated carbocycles. The number of nitrogens with zero attached hydrogens (tertiary/aromatic N) is 3. The molecule has 2 amide bonds. The predicted molar refractivity (Wildman–Crippen MR) is 89.8 cm³/mol. The van der Waals surface area contributed by atoms with Gasteiger partial charge >= 0.3 is 0 Å². The van der Waals surface area contributed by atoms with Crippen molar-refractivity contribution in [1.29, 1.82) is 0 Å². The number of rotatable bonds is 3. The number of amides is 2. The van der Waals surface area contributed by atoms with E-state index in [1.54, 1.807) is 19.2 Å². The van der Waals surface area contributed by atoms with E-state index in [0.717, 1.165) is 25.9 Å². The van der Waals surface area contributed by atoms with Crippen molar-refractivity contribution in [1.82, 2.24) is 14.7 Å². The molecule has 1 atom stereocenters. The van der Waals surface area contributed by atoms with Crippen molar-refractivity contribution in [2.24, 2.45) is 13.0 Å². The van der Waals surface area contributed by atoms with Crippen LogP contribution in [0.3, 0.4) is 0 Å². The maximum atomic E-state index is 12.6. The summed E-state index contributed by atoms with van der Waals surface area (Å²) in [5.74, 6) is 0.795. The third-order valence-electron chi connectivity index (χ3n) is 4.03. The zero-order chi connectivity index (χ0) is 16.4. The molecule has 0 bridgehead atoms. The molecule has 2 aromatic rings. The van der Waals surface area contributed by atoms with Crippen molar-refractivity contribution >= 4 is 29.0 Å². The number of carbonyl (C=O) groups excluding carboxylic acids is 2. The second kappa shape index (κ2) is 6.54. The molecule has 122 valence electrons. The first-order valence-electron chi connectivity index (χ1n) is 7.73. The van der Waals surface area contributed by atoms with Crippen LogP contribution in [0.2, 0.25) is 0 Å². The quantitative estimate of drug-likeness (QED) is 0.939.